The summed E-state index contributed by atoms with van der Waals surface area (Å²) in [5, 5.41) is 0. The third-order valence-electron chi connectivity index (χ3n) is 1.22. The fourth-order valence-electron chi connectivity index (χ4n) is 0.720. The summed E-state index contributed by atoms with van der Waals surface area (Å²) in [7, 11) is 0. The summed E-state index contributed by atoms with van der Waals surface area (Å²) in [5.74, 6) is 5.14. The van der Waals surface area contributed by atoms with Crippen LogP contribution in [0.15, 0.2) is 28.7 Å². The molecule has 0 fully saturated rings. The summed E-state index contributed by atoms with van der Waals surface area (Å²) in [5.41, 5.74) is 3.77. The first-order chi connectivity index (χ1) is 4.83. The molecule has 0 bridgehead atoms. The second-order valence-electron chi connectivity index (χ2n) is 2.01. The van der Waals surface area contributed by atoms with Crippen molar-refractivity contribution in [1.29, 1.82) is 0 Å². The first-order valence-corrected chi connectivity index (χ1v) is 3.80. The van der Waals surface area contributed by atoms with Gasteiger partial charge < -0.3 is 0 Å². The predicted octanol–water partition coefficient (Wildman–Crippen LogP) is 1.83. The monoisotopic (exact) mass is 236 g/mol. The minimum absolute atomic E-state index is 0. The Hall–Kier alpha value is -0.0900. The fourth-order valence-corrected chi connectivity index (χ4v) is 0.984. The summed E-state index contributed by atoms with van der Waals surface area (Å²) in [6.45, 7) is 0.716. The zero-order chi connectivity index (χ0) is 7.40. The van der Waals surface area contributed by atoms with Crippen LogP contribution in [0.5, 0.6) is 0 Å². The van der Waals surface area contributed by atoms with Crippen LogP contribution < -0.4 is 11.3 Å². The van der Waals surface area contributed by atoms with E-state index in [-0.39, 0.29) is 12.4 Å². The molecule has 0 radical (unpaired) electrons. The Labute approximate surface area is 80.7 Å². The SMILES string of the molecule is Cl.NNCc1ccc(Br)cc1. The van der Waals surface area contributed by atoms with Crippen molar-refractivity contribution in [3.05, 3.63) is 34.3 Å². The maximum Gasteiger partial charge on any atom is 0.0348 e. The Morgan fingerprint density at radius 3 is 2.27 bits per heavy atom. The van der Waals surface area contributed by atoms with Crippen molar-refractivity contribution in [3.63, 3.8) is 0 Å². The highest BCUT2D eigenvalue weighted by Gasteiger charge is 1.88. The van der Waals surface area contributed by atoms with E-state index >= 15 is 0 Å². The van der Waals surface area contributed by atoms with Gasteiger partial charge in [0.25, 0.3) is 0 Å². The molecule has 2 nitrogen and oxygen atoms in total. The molecule has 0 unspecified atom stereocenters. The van der Waals surface area contributed by atoms with E-state index < -0.39 is 0 Å². The van der Waals surface area contributed by atoms with Crippen LogP contribution in [0, 0.1) is 0 Å². The molecule has 1 aromatic carbocycles. The van der Waals surface area contributed by atoms with Gasteiger partial charge in [-0.2, -0.15) is 0 Å². The molecule has 0 aromatic heterocycles. The normalized spacial score (nSPS) is 8.91. The van der Waals surface area contributed by atoms with E-state index in [0.717, 1.165) is 4.47 Å². The van der Waals surface area contributed by atoms with Crippen molar-refractivity contribution in [2.45, 2.75) is 6.54 Å². The van der Waals surface area contributed by atoms with Gasteiger partial charge >= 0.3 is 0 Å². The molecule has 0 aliphatic carbocycles. The molecule has 0 aliphatic heterocycles. The molecule has 0 amide bonds. The molecule has 0 atom stereocenters. The zero-order valence-corrected chi connectivity index (χ0v) is 8.28. The number of halogens is 2. The summed E-state index contributed by atoms with van der Waals surface area (Å²) in [6.07, 6.45) is 0. The van der Waals surface area contributed by atoms with Gasteiger partial charge in [-0.05, 0) is 17.7 Å². The third-order valence-corrected chi connectivity index (χ3v) is 1.75. The Balaban J connectivity index is 0.000001000. The summed E-state index contributed by atoms with van der Waals surface area (Å²) in [4.78, 5) is 0. The number of nitrogens with one attached hydrogen (secondary N) is 1. The number of hydrazine groups is 1. The topological polar surface area (TPSA) is 38.0 Å². The number of hydrogen-bond donors (Lipinski definition) is 2. The van der Waals surface area contributed by atoms with Gasteiger partial charge in [-0.1, -0.05) is 28.1 Å². The van der Waals surface area contributed by atoms with Crippen molar-refractivity contribution < 1.29 is 0 Å². The molecule has 4 heteroatoms. The number of rotatable bonds is 2. The van der Waals surface area contributed by atoms with Crippen LogP contribution in [-0.2, 0) is 6.54 Å². The van der Waals surface area contributed by atoms with Crippen LogP contribution in [0.3, 0.4) is 0 Å². The standard InChI is InChI=1S/C7H9BrN2.ClH/c8-7-3-1-6(2-4-7)5-10-9;/h1-4,10H,5,9H2;1H. The van der Waals surface area contributed by atoms with E-state index in [1.165, 1.54) is 5.56 Å². The number of nitrogens with two attached hydrogens (primary N) is 1. The Kier molecular flexibility index (Phi) is 5.50. The number of hydrogen-bond acceptors (Lipinski definition) is 2. The van der Waals surface area contributed by atoms with Gasteiger partial charge in [-0.25, -0.2) is 0 Å². The lowest BCUT2D eigenvalue weighted by molar-refractivity contribution is 0.741. The molecule has 0 saturated heterocycles. The molecule has 1 rings (SSSR count). The minimum atomic E-state index is 0. The molecule has 0 aliphatic rings. The van der Waals surface area contributed by atoms with Crippen molar-refractivity contribution >= 4 is 28.3 Å². The first kappa shape index (κ1) is 10.9. The highest BCUT2D eigenvalue weighted by Crippen LogP contribution is 2.09. The lowest BCUT2D eigenvalue weighted by Gasteiger charge is -1.97. The Morgan fingerprint density at radius 2 is 1.82 bits per heavy atom. The molecular formula is C7H10BrClN2. The summed E-state index contributed by atoms with van der Waals surface area (Å²) in [6, 6.07) is 8.02. The molecule has 0 saturated carbocycles. The average Bonchev–Trinajstić information content (AvgIpc) is 1.95. The van der Waals surface area contributed by atoms with Gasteiger partial charge in [0.05, 0.1) is 0 Å². The van der Waals surface area contributed by atoms with Crippen molar-refractivity contribution in [2.75, 3.05) is 0 Å². The van der Waals surface area contributed by atoms with Gasteiger partial charge in [-0.3, -0.25) is 11.3 Å². The van der Waals surface area contributed by atoms with Crippen LogP contribution in [0.1, 0.15) is 5.56 Å². The van der Waals surface area contributed by atoms with E-state index in [0.29, 0.717) is 6.54 Å². The lowest BCUT2D eigenvalue weighted by Crippen LogP contribution is -2.20. The quantitative estimate of drug-likeness (QED) is 0.608. The summed E-state index contributed by atoms with van der Waals surface area (Å²) >= 11 is 3.34. The highest BCUT2D eigenvalue weighted by atomic mass is 79.9. The molecule has 3 N–H and O–H groups in total. The molecule has 0 heterocycles. The van der Waals surface area contributed by atoms with Crippen LogP contribution >= 0.6 is 28.3 Å². The van der Waals surface area contributed by atoms with Gasteiger partial charge in [0.1, 0.15) is 0 Å². The smallest absolute Gasteiger partial charge is 0.0348 e. The molecule has 1 aromatic rings. The van der Waals surface area contributed by atoms with Crippen molar-refractivity contribution in [1.82, 2.24) is 5.43 Å². The zero-order valence-electron chi connectivity index (χ0n) is 5.88. The van der Waals surface area contributed by atoms with Crippen LogP contribution in [0.2, 0.25) is 0 Å². The first-order valence-electron chi connectivity index (χ1n) is 3.01. The van der Waals surface area contributed by atoms with E-state index in [4.69, 9.17) is 5.84 Å². The van der Waals surface area contributed by atoms with E-state index in [1.807, 2.05) is 24.3 Å². The Bertz CT molecular complexity index is 200. The average molecular weight is 238 g/mol. The van der Waals surface area contributed by atoms with Crippen LogP contribution in [0.25, 0.3) is 0 Å². The van der Waals surface area contributed by atoms with Crippen LogP contribution in [-0.4, -0.2) is 0 Å². The predicted molar refractivity (Wildman–Crippen MR) is 52.4 cm³/mol. The molecule has 11 heavy (non-hydrogen) atoms. The lowest BCUT2D eigenvalue weighted by atomic mass is 10.2. The van der Waals surface area contributed by atoms with Gasteiger partial charge in [-0.15, -0.1) is 12.4 Å². The third kappa shape index (κ3) is 3.72. The molecule has 0 spiro atoms. The van der Waals surface area contributed by atoms with Gasteiger partial charge in [0, 0.05) is 11.0 Å². The van der Waals surface area contributed by atoms with E-state index in [9.17, 15) is 0 Å². The minimum Gasteiger partial charge on any atom is -0.271 e. The Morgan fingerprint density at radius 1 is 1.27 bits per heavy atom. The van der Waals surface area contributed by atoms with Crippen molar-refractivity contribution in [3.8, 4) is 0 Å². The largest absolute Gasteiger partial charge is 0.271 e. The second kappa shape index (κ2) is 5.55. The van der Waals surface area contributed by atoms with E-state index in [1.54, 1.807) is 0 Å². The second-order valence-corrected chi connectivity index (χ2v) is 2.92. The number of benzene rings is 1. The summed E-state index contributed by atoms with van der Waals surface area (Å²) < 4.78 is 1.09. The maximum atomic E-state index is 5.14. The van der Waals surface area contributed by atoms with Gasteiger partial charge in [0.2, 0.25) is 0 Å². The van der Waals surface area contributed by atoms with Crippen LogP contribution in [0.4, 0.5) is 0 Å². The highest BCUT2D eigenvalue weighted by molar-refractivity contribution is 9.10. The molecular weight excluding hydrogens is 227 g/mol. The maximum absolute atomic E-state index is 5.14. The van der Waals surface area contributed by atoms with Gasteiger partial charge in [0.15, 0.2) is 0 Å². The molecule has 62 valence electrons. The fraction of sp³-hybridized carbons (Fsp3) is 0.143. The van der Waals surface area contributed by atoms with E-state index in [2.05, 4.69) is 21.4 Å². The van der Waals surface area contributed by atoms with Crippen molar-refractivity contribution in [2.24, 2.45) is 5.84 Å².